The van der Waals surface area contributed by atoms with E-state index in [0.29, 0.717) is 5.57 Å². The third-order valence-corrected chi connectivity index (χ3v) is 3.20. The van der Waals surface area contributed by atoms with Crippen LogP contribution in [0.1, 0.15) is 4.88 Å². The average molecular weight is 203 g/mol. The van der Waals surface area contributed by atoms with Crippen molar-refractivity contribution in [2.24, 2.45) is 5.73 Å². The van der Waals surface area contributed by atoms with Crippen molar-refractivity contribution in [1.82, 2.24) is 0 Å². The van der Waals surface area contributed by atoms with Crippen LogP contribution in [0.25, 0.3) is 15.7 Å². The Hall–Kier alpha value is -1.61. The second-order valence-electron chi connectivity index (χ2n) is 2.99. The van der Waals surface area contributed by atoms with Crippen LogP contribution in [0.3, 0.4) is 0 Å². The van der Waals surface area contributed by atoms with E-state index in [-0.39, 0.29) is 0 Å². The molecule has 0 spiro atoms. The van der Waals surface area contributed by atoms with Crippen LogP contribution in [-0.4, -0.2) is 5.91 Å². The molecule has 1 aromatic heterocycles. The van der Waals surface area contributed by atoms with Crippen LogP contribution in [0, 0.1) is 0 Å². The SMILES string of the molecule is C=C(C(N)=O)c1cc2ccccc2s1. The number of rotatable bonds is 2. The molecule has 0 aliphatic carbocycles. The Morgan fingerprint density at radius 2 is 2.07 bits per heavy atom. The number of hydrogen-bond acceptors (Lipinski definition) is 2. The van der Waals surface area contributed by atoms with Crippen molar-refractivity contribution in [1.29, 1.82) is 0 Å². The summed E-state index contributed by atoms with van der Waals surface area (Å²) >= 11 is 1.53. The van der Waals surface area contributed by atoms with E-state index < -0.39 is 5.91 Å². The van der Waals surface area contributed by atoms with Crippen LogP contribution < -0.4 is 5.73 Å². The second-order valence-corrected chi connectivity index (χ2v) is 4.08. The van der Waals surface area contributed by atoms with Gasteiger partial charge in [0.1, 0.15) is 0 Å². The van der Waals surface area contributed by atoms with Gasteiger partial charge < -0.3 is 5.73 Å². The minimum absolute atomic E-state index is 0.381. The summed E-state index contributed by atoms with van der Waals surface area (Å²) in [4.78, 5) is 11.8. The molecule has 0 saturated carbocycles. The van der Waals surface area contributed by atoms with Crippen LogP contribution in [0.5, 0.6) is 0 Å². The van der Waals surface area contributed by atoms with E-state index in [4.69, 9.17) is 5.73 Å². The number of fused-ring (bicyclic) bond motifs is 1. The Labute approximate surface area is 85.7 Å². The van der Waals surface area contributed by atoms with Gasteiger partial charge in [0.2, 0.25) is 5.91 Å². The summed E-state index contributed by atoms with van der Waals surface area (Å²) in [6.45, 7) is 3.66. The molecule has 0 unspecified atom stereocenters. The molecular weight excluding hydrogens is 194 g/mol. The molecule has 2 rings (SSSR count). The predicted molar refractivity (Wildman–Crippen MR) is 60.1 cm³/mol. The summed E-state index contributed by atoms with van der Waals surface area (Å²) in [6, 6.07) is 9.88. The first-order chi connectivity index (χ1) is 6.68. The number of carbonyl (C=O) groups excluding carboxylic acids is 1. The van der Waals surface area contributed by atoms with E-state index in [9.17, 15) is 4.79 Å². The van der Waals surface area contributed by atoms with Gasteiger partial charge in [-0.3, -0.25) is 4.79 Å². The van der Waals surface area contributed by atoms with Gasteiger partial charge in [0.15, 0.2) is 0 Å². The quantitative estimate of drug-likeness (QED) is 0.748. The number of thiophene rings is 1. The molecule has 1 heterocycles. The van der Waals surface area contributed by atoms with Crippen LogP contribution in [-0.2, 0) is 4.79 Å². The van der Waals surface area contributed by atoms with E-state index in [1.54, 1.807) is 0 Å². The second kappa shape index (κ2) is 3.27. The molecule has 0 aliphatic heterocycles. The van der Waals surface area contributed by atoms with Gasteiger partial charge in [0.05, 0.1) is 0 Å². The van der Waals surface area contributed by atoms with Crippen molar-refractivity contribution < 1.29 is 4.79 Å². The molecule has 0 saturated heterocycles. The first-order valence-electron chi connectivity index (χ1n) is 4.16. The third kappa shape index (κ3) is 1.42. The van der Waals surface area contributed by atoms with Crippen LogP contribution in [0.4, 0.5) is 0 Å². The van der Waals surface area contributed by atoms with Crippen molar-refractivity contribution in [3.05, 3.63) is 41.8 Å². The molecule has 0 aliphatic rings. The number of benzene rings is 1. The lowest BCUT2D eigenvalue weighted by Crippen LogP contribution is -2.10. The first-order valence-corrected chi connectivity index (χ1v) is 4.98. The smallest absolute Gasteiger partial charge is 0.249 e. The molecule has 3 heteroatoms. The summed E-state index contributed by atoms with van der Waals surface area (Å²) in [7, 11) is 0. The van der Waals surface area contributed by atoms with E-state index >= 15 is 0 Å². The molecule has 70 valence electrons. The van der Waals surface area contributed by atoms with Gasteiger partial charge in [-0.05, 0) is 17.5 Å². The maximum absolute atomic E-state index is 10.9. The van der Waals surface area contributed by atoms with Crippen molar-refractivity contribution >= 4 is 32.9 Å². The fraction of sp³-hybridized carbons (Fsp3) is 0. The molecule has 2 N–H and O–H groups in total. The first kappa shape index (κ1) is 8.97. The Morgan fingerprint density at radius 3 is 2.71 bits per heavy atom. The molecule has 0 radical (unpaired) electrons. The maximum atomic E-state index is 10.9. The predicted octanol–water partition coefficient (Wildman–Crippen LogP) is 2.40. The Bertz CT molecular complexity index is 480. The van der Waals surface area contributed by atoms with Gasteiger partial charge in [0.25, 0.3) is 0 Å². The van der Waals surface area contributed by atoms with E-state index in [1.165, 1.54) is 11.3 Å². The number of amides is 1. The molecule has 1 aromatic carbocycles. The van der Waals surface area contributed by atoms with Crippen LogP contribution in [0.2, 0.25) is 0 Å². The van der Waals surface area contributed by atoms with E-state index in [2.05, 4.69) is 6.58 Å². The zero-order valence-corrected chi connectivity index (χ0v) is 8.30. The Kier molecular flexibility index (Phi) is 2.09. The number of hydrogen-bond donors (Lipinski definition) is 1. The molecule has 0 fully saturated rings. The van der Waals surface area contributed by atoms with Crippen molar-refractivity contribution in [3.8, 4) is 0 Å². The Morgan fingerprint density at radius 1 is 1.36 bits per heavy atom. The summed E-state index contributed by atoms with van der Waals surface area (Å²) in [5.74, 6) is -0.462. The summed E-state index contributed by atoms with van der Waals surface area (Å²) < 4.78 is 1.14. The molecule has 2 aromatic rings. The lowest BCUT2D eigenvalue weighted by Gasteiger charge is -1.93. The maximum Gasteiger partial charge on any atom is 0.249 e. The normalized spacial score (nSPS) is 10.3. The summed E-state index contributed by atoms with van der Waals surface area (Å²) in [6.07, 6.45) is 0. The molecule has 1 amide bonds. The largest absolute Gasteiger partial charge is 0.366 e. The highest BCUT2D eigenvalue weighted by Gasteiger charge is 2.08. The molecule has 14 heavy (non-hydrogen) atoms. The van der Waals surface area contributed by atoms with Crippen molar-refractivity contribution in [2.45, 2.75) is 0 Å². The zero-order chi connectivity index (χ0) is 10.1. The van der Waals surface area contributed by atoms with E-state index in [0.717, 1.165) is 15.0 Å². The van der Waals surface area contributed by atoms with E-state index in [1.807, 2.05) is 30.3 Å². The van der Waals surface area contributed by atoms with Gasteiger partial charge in [0, 0.05) is 15.2 Å². The highest BCUT2D eigenvalue weighted by atomic mass is 32.1. The lowest BCUT2D eigenvalue weighted by molar-refractivity contribution is -0.112. The van der Waals surface area contributed by atoms with Gasteiger partial charge >= 0.3 is 0 Å². The standard InChI is InChI=1S/C11H9NOS/c1-7(11(12)13)10-6-8-4-2-3-5-9(8)14-10/h2-6H,1H2,(H2,12,13). The Balaban J connectivity index is 2.55. The monoisotopic (exact) mass is 203 g/mol. The molecular formula is C11H9NOS. The zero-order valence-electron chi connectivity index (χ0n) is 7.49. The van der Waals surface area contributed by atoms with Crippen molar-refractivity contribution in [3.63, 3.8) is 0 Å². The number of carbonyl (C=O) groups is 1. The minimum Gasteiger partial charge on any atom is -0.366 e. The van der Waals surface area contributed by atoms with Crippen LogP contribution >= 0.6 is 11.3 Å². The fourth-order valence-corrected chi connectivity index (χ4v) is 2.29. The highest BCUT2D eigenvalue weighted by molar-refractivity contribution is 7.20. The topological polar surface area (TPSA) is 43.1 Å². The van der Waals surface area contributed by atoms with Gasteiger partial charge in [-0.1, -0.05) is 24.8 Å². The van der Waals surface area contributed by atoms with Gasteiger partial charge in [-0.15, -0.1) is 11.3 Å². The summed E-state index contributed by atoms with van der Waals surface area (Å²) in [5.41, 5.74) is 5.54. The molecule has 0 atom stereocenters. The highest BCUT2D eigenvalue weighted by Crippen LogP contribution is 2.29. The molecule has 2 nitrogen and oxygen atoms in total. The number of nitrogens with two attached hydrogens (primary N) is 1. The number of primary amides is 1. The average Bonchev–Trinajstić information content (AvgIpc) is 2.59. The third-order valence-electron chi connectivity index (χ3n) is 2.02. The van der Waals surface area contributed by atoms with Gasteiger partial charge in [-0.2, -0.15) is 0 Å². The minimum atomic E-state index is -0.462. The fourth-order valence-electron chi connectivity index (χ4n) is 1.25. The lowest BCUT2D eigenvalue weighted by atomic mass is 10.2. The van der Waals surface area contributed by atoms with Crippen LogP contribution in [0.15, 0.2) is 36.9 Å². The molecule has 0 bridgehead atoms. The van der Waals surface area contributed by atoms with Gasteiger partial charge in [-0.25, -0.2) is 0 Å². The van der Waals surface area contributed by atoms with Crippen molar-refractivity contribution in [2.75, 3.05) is 0 Å². The summed E-state index contributed by atoms with van der Waals surface area (Å²) in [5, 5.41) is 1.12.